The quantitative estimate of drug-likeness (QED) is 0.687. The molecule has 0 aliphatic rings. The summed E-state index contributed by atoms with van der Waals surface area (Å²) in [5.41, 5.74) is 1.02. The zero-order chi connectivity index (χ0) is 19.6. The molecule has 1 aromatic carbocycles. The Kier molecular flexibility index (Phi) is 5.18. The summed E-state index contributed by atoms with van der Waals surface area (Å²) >= 11 is 5.96. The smallest absolute Gasteiger partial charge is 0.339 e. The molecule has 0 atom stereocenters. The third-order valence-electron chi connectivity index (χ3n) is 3.73. The van der Waals surface area contributed by atoms with Gasteiger partial charge in [0.05, 0.1) is 23.1 Å². The maximum Gasteiger partial charge on any atom is 0.339 e. The van der Waals surface area contributed by atoms with Gasteiger partial charge in [-0.1, -0.05) is 11.6 Å². The van der Waals surface area contributed by atoms with Crippen LogP contribution in [0.3, 0.4) is 0 Å². The number of pyridine rings is 1. The molecule has 0 unspecified atom stereocenters. The minimum atomic E-state index is -1.13. The van der Waals surface area contributed by atoms with E-state index in [1.165, 1.54) is 42.9 Å². The maximum atomic E-state index is 14.2. The normalized spacial score (nSPS) is 10.5. The van der Waals surface area contributed by atoms with E-state index in [4.69, 9.17) is 11.6 Å². The number of hydrogen-bond acceptors (Lipinski definition) is 6. The van der Waals surface area contributed by atoms with Gasteiger partial charge in [0.15, 0.2) is 11.6 Å². The van der Waals surface area contributed by atoms with Crippen LogP contribution in [0.1, 0.15) is 10.4 Å². The van der Waals surface area contributed by atoms with Gasteiger partial charge in [0.1, 0.15) is 11.4 Å². The number of benzene rings is 1. The Morgan fingerprint density at radius 3 is 2.74 bits per heavy atom. The van der Waals surface area contributed by atoms with Crippen molar-refractivity contribution >= 4 is 34.8 Å². The Morgan fingerprint density at radius 2 is 2.04 bits per heavy atom. The Morgan fingerprint density at radius 1 is 1.26 bits per heavy atom. The molecule has 7 nitrogen and oxygen atoms in total. The van der Waals surface area contributed by atoms with Crippen LogP contribution in [0.15, 0.2) is 42.9 Å². The highest BCUT2D eigenvalue weighted by molar-refractivity contribution is 6.30. The molecule has 0 bridgehead atoms. The van der Waals surface area contributed by atoms with Crippen molar-refractivity contribution < 1.29 is 14.3 Å². The lowest BCUT2D eigenvalue weighted by Gasteiger charge is -2.18. The number of carbonyl (C=O) groups is 1. The number of aromatic carboxylic acids is 1. The molecule has 2 aromatic heterocycles. The molecule has 138 valence electrons. The lowest BCUT2D eigenvalue weighted by Crippen LogP contribution is -2.14. The zero-order valence-electron chi connectivity index (χ0n) is 14.4. The van der Waals surface area contributed by atoms with E-state index in [0.29, 0.717) is 22.2 Å². The highest BCUT2D eigenvalue weighted by atomic mass is 35.5. The molecule has 0 radical (unpaired) electrons. The molecule has 2 N–H and O–H groups in total. The second-order valence-electron chi connectivity index (χ2n) is 5.80. The molecule has 9 heteroatoms. The lowest BCUT2D eigenvalue weighted by atomic mass is 10.2. The molecule has 0 aliphatic heterocycles. The number of nitrogens with one attached hydrogen (secondary N) is 1. The summed E-state index contributed by atoms with van der Waals surface area (Å²) in [7, 11) is 3.57. The summed E-state index contributed by atoms with van der Waals surface area (Å²) in [5.74, 6) is -1.21. The second kappa shape index (κ2) is 7.55. The van der Waals surface area contributed by atoms with Gasteiger partial charge >= 0.3 is 5.97 Å². The fourth-order valence-corrected chi connectivity index (χ4v) is 2.57. The van der Waals surface area contributed by atoms with Crippen molar-refractivity contribution in [3.8, 4) is 11.4 Å². The van der Waals surface area contributed by atoms with E-state index in [0.717, 1.165) is 0 Å². The summed E-state index contributed by atoms with van der Waals surface area (Å²) < 4.78 is 14.2. The van der Waals surface area contributed by atoms with Crippen molar-refractivity contribution in [1.82, 2.24) is 15.0 Å². The average molecular weight is 388 g/mol. The third-order valence-corrected chi connectivity index (χ3v) is 3.96. The van der Waals surface area contributed by atoms with Crippen molar-refractivity contribution in [1.29, 1.82) is 0 Å². The minimum Gasteiger partial charge on any atom is -0.478 e. The fraction of sp³-hybridized carbons (Fsp3) is 0.111. The number of halogens is 2. The number of anilines is 3. The summed E-state index contributed by atoms with van der Waals surface area (Å²) in [6.07, 6.45) is 4.22. The molecule has 0 aliphatic carbocycles. The van der Waals surface area contributed by atoms with Crippen LogP contribution >= 0.6 is 11.6 Å². The van der Waals surface area contributed by atoms with Crippen LogP contribution in [0, 0.1) is 5.82 Å². The first-order chi connectivity index (χ1) is 12.9. The summed E-state index contributed by atoms with van der Waals surface area (Å²) in [4.78, 5) is 25.6. The van der Waals surface area contributed by atoms with Crippen LogP contribution in [-0.4, -0.2) is 40.1 Å². The molecular weight excluding hydrogens is 373 g/mol. The molecule has 0 saturated heterocycles. The van der Waals surface area contributed by atoms with Crippen molar-refractivity contribution in [3.63, 3.8) is 0 Å². The van der Waals surface area contributed by atoms with Gasteiger partial charge in [-0.25, -0.2) is 19.2 Å². The number of aromatic nitrogens is 3. The van der Waals surface area contributed by atoms with E-state index in [-0.39, 0.29) is 17.0 Å². The Hall–Kier alpha value is -3.26. The van der Waals surface area contributed by atoms with Gasteiger partial charge in [-0.05, 0) is 24.3 Å². The van der Waals surface area contributed by atoms with Gasteiger partial charge in [-0.2, -0.15) is 0 Å². The predicted molar refractivity (Wildman–Crippen MR) is 101 cm³/mol. The third kappa shape index (κ3) is 3.95. The molecule has 2 heterocycles. The first-order valence-electron chi connectivity index (χ1n) is 7.81. The number of carboxylic acid groups (broad SMARTS) is 1. The average Bonchev–Trinajstić information content (AvgIpc) is 2.63. The zero-order valence-corrected chi connectivity index (χ0v) is 15.2. The largest absolute Gasteiger partial charge is 0.478 e. The van der Waals surface area contributed by atoms with Gasteiger partial charge in [0, 0.05) is 31.5 Å². The fourth-order valence-electron chi connectivity index (χ4n) is 2.39. The van der Waals surface area contributed by atoms with Gasteiger partial charge in [-0.3, -0.25) is 4.98 Å². The second-order valence-corrected chi connectivity index (χ2v) is 6.23. The maximum absolute atomic E-state index is 14.2. The number of rotatable bonds is 5. The molecular formula is C18H15ClFN5O2. The van der Waals surface area contributed by atoms with Crippen LogP contribution in [0.4, 0.5) is 21.6 Å². The monoisotopic (exact) mass is 387 g/mol. The minimum absolute atomic E-state index is 0.0173. The molecule has 3 aromatic rings. The van der Waals surface area contributed by atoms with Crippen LogP contribution in [0.25, 0.3) is 11.4 Å². The predicted octanol–water partition coefficient (Wildman–Crippen LogP) is 3.84. The van der Waals surface area contributed by atoms with E-state index in [1.807, 2.05) is 0 Å². The van der Waals surface area contributed by atoms with E-state index < -0.39 is 11.8 Å². The molecule has 0 saturated carbocycles. The standard InChI is InChI=1S/C18H15ClFN5O2/c1-25(2)15-9-22-16(11-7-10(19)3-4-13(11)20)24-17(15)23-14-5-6-21-8-12(14)18(26)27/h3-9H,1-2H3,(H,26,27)(H,21,22,23,24). The number of nitrogens with zero attached hydrogens (tertiary/aromatic N) is 4. The van der Waals surface area contributed by atoms with Gasteiger partial charge < -0.3 is 15.3 Å². The molecule has 27 heavy (non-hydrogen) atoms. The van der Waals surface area contributed by atoms with Crippen molar-refractivity contribution in [2.45, 2.75) is 0 Å². The van der Waals surface area contributed by atoms with Crippen LogP contribution in [0.5, 0.6) is 0 Å². The summed E-state index contributed by atoms with van der Waals surface area (Å²) in [6, 6.07) is 5.62. The van der Waals surface area contributed by atoms with Crippen LogP contribution < -0.4 is 10.2 Å². The summed E-state index contributed by atoms with van der Waals surface area (Å²) in [5, 5.41) is 12.7. The highest BCUT2D eigenvalue weighted by Gasteiger charge is 2.16. The topological polar surface area (TPSA) is 91.2 Å². The van der Waals surface area contributed by atoms with E-state index in [1.54, 1.807) is 19.0 Å². The van der Waals surface area contributed by atoms with Crippen molar-refractivity contribution in [3.05, 3.63) is 59.3 Å². The first-order valence-corrected chi connectivity index (χ1v) is 8.18. The first kappa shape index (κ1) is 18.5. The summed E-state index contributed by atoms with van der Waals surface area (Å²) in [6.45, 7) is 0. The lowest BCUT2D eigenvalue weighted by molar-refractivity contribution is 0.0697. The van der Waals surface area contributed by atoms with E-state index >= 15 is 0 Å². The van der Waals surface area contributed by atoms with E-state index in [2.05, 4.69) is 20.3 Å². The molecule has 0 fully saturated rings. The van der Waals surface area contributed by atoms with Gasteiger partial charge in [0.2, 0.25) is 0 Å². The highest BCUT2D eigenvalue weighted by Crippen LogP contribution is 2.30. The van der Waals surface area contributed by atoms with Crippen LogP contribution in [0.2, 0.25) is 5.02 Å². The van der Waals surface area contributed by atoms with Gasteiger partial charge in [-0.15, -0.1) is 0 Å². The Bertz CT molecular complexity index is 1010. The van der Waals surface area contributed by atoms with Crippen molar-refractivity contribution in [2.24, 2.45) is 0 Å². The van der Waals surface area contributed by atoms with E-state index in [9.17, 15) is 14.3 Å². The van der Waals surface area contributed by atoms with Crippen molar-refractivity contribution in [2.75, 3.05) is 24.3 Å². The molecule has 3 rings (SSSR count). The number of carboxylic acids is 1. The molecule has 0 amide bonds. The van der Waals surface area contributed by atoms with Crippen LogP contribution in [-0.2, 0) is 0 Å². The molecule has 0 spiro atoms. The SMILES string of the molecule is CN(C)c1cnc(-c2cc(Cl)ccc2F)nc1Nc1ccncc1C(=O)O. The Labute approximate surface area is 159 Å². The Balaban J connectivity index is 2.11. The van der Waals surface area contributed by atoms with Gasteiger partial charge in [0.25, 0.3) is 0 Å². The number of hydrogen-bond donors (Lipinski definition) is 2.